The molecule has 0 unspecified atom stereocenters. The normalized spacial score (nSPS) is 11.0. The highest BCUT2D eigenvalue weighted by Crippen LogP contribution is 2.15. The number of rotatable bonds is 3. The molecular formula is C16H17N3. The van der Waals surface area contributed by atoms with E-state index in [0.717, 1.165) is 35.4 Å². The van der Waals surface area contributed by atoms with Crippen molar-refractivity contribution in [2.75, 3.05) is 5.73 Å². The fraction of sp³-hybridized carbons (Fsp3) is 0.188. The van der Waals surface area contributed by atoms with E-state index < -0.39 is 0 Å². The van der Waals surface area contributed by atoms with Gasteiger partial charge >= 0.3 is 0 Å². The number of nitrogens with zero attached hydrogens (tertiary/aromatic N) is 1. The van der Waals surface area contributed by atoms with Crippen molar-refractivity contribution in [2.45, 2.75) is 19.8 Å². The van der Waals surface area contributed by atoms with Crippen molar-refractivity contribution in [2.24, 2.45) is 0 Å². The van der Waals surface area contributed by atoms with Gasteiger partial charge in [0.1, 0.15) is 5.82 Å². The first-order valence-electron chi connectivity index (χ1n) is 6.50. The molecule has 0 amide bonds. The summed E-state index contributed by atoms with van der Waals surface area (Å²) in [6, 6.07) is 14.3. The van der Waals surface area contributed by atoms with Crippen LogP contribution in [0, 0.1) is 6.92 Å². The van der Waals surface area contributed by atoms with Crippen LogP contribution in [0.3, 0.4) is 0 Å². The van der Waals surface area contributed by atoms with Gasteiger partial charge in [0.05, 0.1) is 11.0 Å². The molecule has 3 rings (SSSR count). The van der Waals surface area contributed by atoms with E-state index in [0.29, 0.717) is 0 Å². The summed E-state index contributed by atoms with van der Waals surface area (Å²) in [5, 5.41) is 0. The molecule has 0 atom stereocenters. The van der Waals surface area contributed by atoms with E-state index in [9.17, 15) is 0 Å². The summed E-state index contributed by atoms with van der Waals surface area (Å²) in [5.41, 5.74) is 11.2. The number of nitrogens with one attached hydrogen (secondary N) is 1. The van der Waals surface area contributed by atoms with Crippen molar-refractivity contribution in [3.63, 3.8) is 0 Å². The van der Waals surface area contributed by atoms with E-state index in [-0.39, 0.29) is 0 Å². The number of aryl methyl sites for hydroxylation is 3. The minimum absolute atomic E-state index is 0.817. The van der Waals surface area contributed by atoms with E-state index in [1.165, 1.54) is 11.1 Å². The summed E-state index contributed by atoms with van der Waals surface area (Å²) in [6.07, 6.45) is 1.85. The van der Waals surface area contributed by atoms with E-state index in [4.69, 9.17) is 5.73 Å². The Morgan fingerprint density at radius 1 is 1.11 bits per heavy atom. The zero-order chi connectivity index (χ0) is 13.2. The van der Waals surface area contributed by atoms with Gasteiger partial charge in [-0.3, -0.25) is 0 Å². The SMILES string of the molecule is Cc1ccc2nc(CCc3cccc(N)c3)[nH]c2c1. The maximum Gasteiger partial charge on any atom is 0.107 e. The number of fused-ring (bicyclic) bond motifs is 1. The van der Waals surface area contributed by atoms with Gasteiger partial charge in [-0.1, -0.05) is 18.2 Å². The van der Waals surface area contributed by atoms with Crippen molar-refractivity contribution in [3.05, 3.63) is 59.4 Å². The maximum absolute atomic E-state index is 5.78. The highest BCUT2D eigenvalue weighted by atomic mass is 14.9. The quantitative estimate of drug-likeness (QED) is 0.702. The maximum atomic E-state index is 5.78. The van der Waals surface area contributed by atoms with Gasteiger partial charge in [-0.2, -0.15) is 0 Å². The Morgan fingerprint density at radius 3 is 2.84 bits per heavy atom. The van der Waals surface area contributed by atoms with Gasteiger partial charge in [0.2, 0.25) is 0 Å². The molecule has 3 heteroatoms. The van der Waals surface area contributed by atoms with Crippen molar-refractivity contribution >= 4 is 16.7 Å². The summed E-state index contributed by atoms with van der Waals surface area (Å²) in [5.74, 6) is 1.03. The first kappa shape index (κ1) is 11.8. The number of benzene rings is 2. The smallest absolute Gasteiger partial charge is 0.107 e. The summed E-state index contributed by atoms with van der Waals surface area (Å²) < 4.78 is 0. The lowest BCUT2D eigenvalue weighted by Crippen LogP contribution is -1.94. The van der Waals surface area contributed by atoms with Crippen molar-refractivity contribution < 1.29 is 0 Å². The highest BCUT2D eigenvalue weighted by Gasteiger charge is 2.03. The fourth-order valence-corrected chi connectivity index (χ4v) is 2.31. The van der Waals surface area contributed by atoms with E-state index in [2.05, 4.69) is 41.2 Å². The highest BCUT2D eigenvalue weighted by molar-refractivity contribution is 5.75. The van der Waals surface area contributed by atoms with Crippen LogP contribution in [0.2, 0.25) is 0 Å². The Morgan fingerprint density at radius 2 is 2.00 bits per heavy atom. The first-order chi connectivity index (χ1) is 9.20. The van der Waals surface area contributed by atoms with E-state index in [1.54, 1.807) is 0 Å². The van der Waals surface area contributed by atoms with Crippen LogP contribution in [0.4, 0.5) is 5.69 Å². The average Bonchev–Trinajstić information content (AvgIpc) is 2.78. The zero-order valence-corrected chi connectivity index (χ0v) is 11.0. The van der Waals surface area contributed by atoms with Crippen LogP contribution < -0.4 is 5.73 Å². The summed E-state index contributed by atoms with van der Waals surface area (Å²) in [7, 11) is 0. The molecule has 0 saturated heterocycles. The van der Waals surface area contributed by atoms with Gasteiger partial charge in [-0.05, 0) is 48.7 Å². The van der Waals surface area contributed by atoms with Crippen LogP contribution in [0.1, 0.15) is 17.0 Å². The molecule has 0 aliphatic rings. The molecule has 0 fully saturated rings. The largest absolute Gasteiger partial charge is 0.399 e. The van der Waals surface area contributed by atoms with Crippen LogP contribution in [-0.4, -0.2) is 9.97 Å². The van der Waals surface area contributed by atoms with Gasteiger partial charge in [-0.25, -0.2) is 4.98 Å². The molecule has 0 aliphatic heterocycles. The molecule has 3 nitrogen and oxygen atoms in total. The molecule has 0 bridgehead atoms. The number of imidazole rings is 1. The van der Waals surface area contributed by atoms with Gasteiger partial charge < -0.3 is 10.7 Å². The molecule has 3 aromatic rings. The lowest BCUT2D eigenvalue weighted by molar-refractivity contribution is 0.890. The number of nitrogen functional groups attached to an aromatic ring is 1. The fourth-order valence-electron chi connectivity index (χ4n) is 2.31. The minimum atomic E-state index is 0.817. The summed E-state index contributed by atoms with van der Waals surface area (Å²) in [4.78, 5) is 7.98. The van der Waals surface area contributed by atoms with Gasteiger partial charge in [0, 0.05) is 12.1 Å². The number of nitrogens with two attached hydrogens (primary N) is 1. The average molecular weight is 251 g/mol. The van der Waals surface area contributed by atoms with Crippen LogP contribution in [0.5, 0.6) is 0 Å². The molecule has 2 aromatic carbocycles. The number of hydrogen-bond donors (Lipinski definition) is 2. The topological polar surface area (TPSA) is 54.7 Å². The van der Waals surface area contributed by atoms with Crippen LogP contribution in [0.15, 0.2) is 42.5 Å². The molecule has 96 valence electrons. The number of H-pyrrole nitrogens is 1. The molecule has 3 N–H and O–H groups in total. The standard InChI is InChI=1S/C16H17N3/c1-11-5-7-14-15(9-11)19-16(18-14)8-6-12-3-2-4-13(17)10-12/h2-5,7,9-10H,6,8,17H2,1H3,(H,18,19). The number of hydrogen-bond acceptors (Lipinski definition) is 2. The Hall–Kier alpha value is -2.29. The first-order valence-corrected chi connectivity index (χ1v) is 6.50. The second kappa shape index (κ2) is 4.76. The van der Waals surface area contributed by atoms with Crippen molar-refractivity contribution in [1.29, 1.82) is 0 Å². The molecule has 1 heterocycles. The van der Waals surface area contributed by atoms with Crippen molar-refractivity contribution in [1.82, 2.24) is 9.97 Å². The lowest BCUT2D eigenvalue weighted by Gasteiger charge is -2.00. The molecular weight excluding hydrogens is 234 g/mol. The molecule has 0 spiro atoms. The van der Waals surface area contributed by atoms with Crippen LogP contribution in [-0.2, 0) is 12.8 Å². The van der Waals surface area contributed by atoms with Gasteiger partial charge in [0.25, 0.3) is 0 Å². The molecule has 19 heavy (non-hydrogen) atoms. The van der Waals surface area contributed by atoms with Crippen LogP contribution >= 0.6 is 0 Å². The van der Waals surface area contributed by atoms with Gasteiger partial charge in [-0.15, -0.1) is 0 Å². The zero-order valence-electron chi connectivity index (χ0n) is 11.0. The second-order valence-electron chi connectivity index (χ2n) is 4.95. The Kier molecular flexibility index (Phi) is 2.95. The van der Waals surface area contributed by atoms with E-state index >= 15 is 0 Å². The predicted octanol–water partition coefficient (Wildman–Crippen LogP) is 3.24. The third-order valence-corrected chi connectivity index (χ3v) is 3.29. The molecule has 0 radical (unpaired) electrons. The number of aromatic amines is 1. The second-order valence-corrected chi connectivity index (χ2v) is 4.95. The molecule has 0 aliphatic carbocycles. The predicted molar refractivity (Wildman–Crippen MR) is 79.1 cm³/mol. The van der Waals surface area contributed by atoms with Crippen LogP contribution in [0.25, 0.3) is 11.0 Å². The summed E-state index contributed by atoms with van der Waals surface area (Å²) >= 11 is 0. The minimum Gasteiger partial charge on any atom is -0.399 e. The third-order valence-electron chi connectivity index (χ3n) is 3.29. The Labute approximate surface area is 112 Å². The Bertz CT molecular complexity index is 713. The number of aromatic nitrogens is 2. The van der Waals surface area contributed by atoms with E-state index in [1.807, 2.05) is 18.2 Å². The number of anilines is 1. The van der Waals surface area contributed by atoms with Crippen molar-refractivity contribution in [3.8, 4) is 0 Å². The molecule has 1 aromatic heterocycles. The van der Waals surface area contributed by atoms with Gasteiger partial charge in [0.15, 0.2) is 0 Å². The molecule has 0 saturated carbocycles. The Balaban J connectivity index is 1.78. The monoisotopic (exact) mass is 251 g/mol. The lowest BCUT2D eigenvalue weighted by atomic mass is 10.1. The third kappa shape index (κ3) is 2.60. The summed E-state index contributed by atoms with van der Waals surface area (Å²) in [6.45, 7) is 2.09.